The summed E-state index contributed by atoms with van der Waals surface area (Å²) in [4.78, 5) is 29.7. The van der Waals surface area contributed by atoms with Crippen LogP contribution in [0.2, 0.25) is 5.02 Å². The maximum Gasteiger partial charge on any atom is 0.267 e. The van der Waals surface area contributed by atoms with Gasteiger partial charge in [-0.05, 0) is 44.3 Å². The summed E-state index contributed by atoms with van der Waals surface area (Å²) in [6, 6.07) is 19.3. The SMILES string of the molecule is CN1CCC(n2ccnc2-c2ccc(-c3nc4ccccc4c(=O)n3-c3ccc(Cl)cn3)cc2)C1. The molecule has 3 aromatic heterocycles. The molecule has 0 amide bonds. The van der Waals surface area contributed by atoms with Gasteiger partial charge in [0.25, 0.3) is 5.56 Å². The number of hydrogen-bond acceptors (Lipinski definition) is 5. The fourth-order valence-electron chi connectivity index (χ4n) is 4.78. The Morgan fingerprint density at radius 2 is 1.71 bits per heavy atom. The van der Waals surface area contributed by atoms with Crippen LogP contribution < -0.4 is 5.56 Å². The standard InChI is InChI=1S/C27H23ClN6O/c1-32-14-12-21(17-32)33-15-13-29-25(33)18-6-8-19(9-7-18)26-31-23-5-3-2-4-22(23)27(35)34(26)24-11-10-20(28)16-30-24/h2-11,13,15-16,21H,12,14,17H2,1H3. The maximum atomic E-state index is 13.5. The van der Waals surface area contributed by atoms with Crippen molar-refractivity contribution in [1.29, 1.82) is 0 Å². The van der Waals surface area contributed by atoms with E-state index in [0.29, 0.717) is 33.6 Å². The second-order valence-electron chi connectivity index (χ2n) is 8.87. The summed E-state index contributed by atoms with van der Waals surface area (Å²) in [5, 5.41) is 1.04. The van der Waals surface area contributed by atoms with E-state index in [4.69, 9.17) is 16.6 Å². The van der Waals surface area contributed by atoms with Crippen molar-refractivity contribution in [1.82, 2.24) is 29.0 Å². The third-order valence-electron chi connectivity index (χ3n) is 6.55. The molecule has 5 aromatic rings. The summed E-state index contributed by atoms with van der Waals surface area (Å²) in [5.74, 6) is 1.94. The number of aromatic nitrogens is 5. The van der Waals surface area contributed by atoms with E-state index in [1.54, 1.807) is 22.8 Å². The van der Waals surface area contributed by atoms with E-state index in [1.165, 1.54) is 6.20 Å². The second-order valence-corrected chi connectivity index (χ2v) is 9.30. The predicted molar refractivity (Wildman–Crippen MR) is 138 cm³/mol. The normalized spacial score (nSPS) is 16.2. The molecule has 1 fully saturated rings. The van der Waals surface area contributed by atoms with Gasteiger partial charge in [-0.25, -0.2) is 19.5 Å². The Morgan fingerprint density at radius 3 is 2.43 bits per heavy atom. The van der Waals surface area contributed by atoms with Crippen molar-refractivity contribution >= 4 is 22.5 Å². The van der Waals surface area contributed by atoms with Crippen LogP contribution in [-0.4, -0.2) is 49.1 Å². The molecule has 6 rings (SSSR count). The molecule has 0 N–H and O–H groups in total. The molecule has 0 saturated carbocycles. The van der Waals surface area contributed by atoms with E-state index >= 15 is 0 Å². The van der Waals surface area contributed by atoms with Gasteiger partial charge in [0.1, 0.15) is 17.5 Å². The minimum Gasteiger partial charge on any atom is -0.327 e. The molecule has 0 bridgehead atoms. The minimum atomic E-state index is -0.176. The predicted octanol–water partition coefficient (Wildman–Crippen LogP) is 4.84. The van der Waals surface area contributed by atoms with Crippen LogP contribution in [0.1, 0.15) is 12.5 Å². The molecule has 7 nitrogen and oxygen atoms in total. The zero-order valence-electron chi connectivity index (χ0n) is 19.2. The number of pyridine rings is 1. The van der Waals surface area contributed by atoms with Crippen molar-refractivity contribution < 1.29 is 0 Å². The summed E-state index contributed by atoms with van der Waals surface area (Å²) in [5.41, 5.74) is 2.30. The summed E-state index contributed by atoms with van der Waals surface area (Å²) >= 11 is 6.05. The first-order valence-electron chi connectivity index (χ1n) is 11.5. The maximum absolute atomic E-state index is 13.5. The summed E-state index contributed by atoms with van der Waals surface area (Å²) in [7, 11) is 2.15. The first kappa shape index (κ1) is 21.7. The van der Waals surface area contributed by atoms with Gasteiger partial charge in [-0.1, -0.05) is 48.0 Å². The first-order chi connectivity index (χ1) is 17.1. The Morgan fingerprint density at radius 1 is 0.943 bits per heavy atom. The van der Waals surface area contributed by atoms with Crippen molar-refractivity contribution in [3.05, 3.63) is 94.6 Å². The summed E-state index contributed by atoms with van der Waals surface area (Å²) in [6.45, 7) is 2.11. The van der Waals surface area contributed by atoms with Crippen molar-refractivity contribution in [2.24, 2.45) is 0 Å². The van der Waals surface area contributed by atoms with Crippen LogP contribution in [-0.2, 0) is 0 Å². The molecule has 1 unspecified atom stereocenters. The highest BCUT2D eigenvalue weighted by Gasteiger charge is 2.23. The second kappa shape index (κ2) is 8.76. The van der Waals surface area contributed by atoms with E-state index in [9.17, 15) is 4.79 Å². The molecule has 0 aliphatic carbocycles. The zero-order chi connectivity index (χ0) is 23.9. The van der Waals surface area contributed by atoms with Crippen LogP contribution in [0.15, 0.2) is 84.0 Å². The van der Waals surface area contributed by atoms with Gasteiger partial charge in [-0.15, -0.1) is 0 Å². The van der Waals surface area contributed by atoms with E-state index in [1.807, 2.05) is 48.7 Å². The van der Waals surface area contributed by atoms with Crippen LogP contribution in [0.5, 0.6) is 0 Å². The van der Waals surface area contributed by atoms with Crippen molar-refractivity contribution in [2.75, 3.05) is 20.1 Å². The Kier molecular flexibility index (Phi) is 5.43. The molecule has 0 spiro atoms. The monoisotopic (exact) mass is 482 g/mol. The van der Waals surface area contributed by atoms with Gasteiger partial charge in [-0.3, -0.25) is 4.79 Å². The number of likely N-dealkylation sites (N-methyl/N-ethyl adjacent to an activating group) is 1. The average Bonchev–Trinajstić information content (AvgIpc) is 3.54. The molecule has 0 radical (unpaired) electrons. The minimum absolute atomic E-state index is 0.176. The van der Waals surface area contributed by atoms with Gasteiger partial charge >= 0.3 is 0 Å². The largest absolute Gasteiger partial charge is 0.327 e. The van der Waals surface area contributed by atoms with Gasteiger partial charge in [0.15, 0.2) is 0 Å². The highest BCUT2D eigenvalue weighted by molar-refractivity contribution is 6.30. The van der Waals surface area contributed by atoms with Gasteiger partial charge in [0.05, 0.1) is 15.9 Å². The van der Waals surface area contributed by atoms with Gasteiger partial charge in [0, 0.05) is 42.3 Å². The Bertz CT molecular complexity index is 1570. The van der Waals surface area contributed by atoms with Crippen molar-refractivity contribution in [3.8, 4) is 28.6 Å². The number of likely N-dealkylation sites (tertiary alicyclic amines) is 1. The number of hydrogen-bond donors (Lipinski definition) is 0. The lowest BCUT2D eigenvalue weighted by Gasteiger charge is -2.16. The Labute approximate surface area is 207 Å². The van der Waals surface area contributed by atoms with Crippen LogP contribution in [0.4, 0.5) is 0 Å². The quantitative estimate of drug-likeness (QED) is 0.366. The smallest absolute Gasteiger partial charge is 0.267 e. The van der Waals surface area contributed by atoms with E-state index in [-0.39, 0.29) is 5.56 Å². The molecule has 174 valence electrons. The lowest BCUT2D eigenvalue weighted by molar-refractivity contribution is 0.393. The lowest BCUT2D eigenvalue weighted by atomic mass is 10.1. The molecule has 1 aliphatic heterocycles. The molecular weight excluding hydrogens is 460 g/mol. The topological polar surface area (TPSA) is 68.8 Å². The molecule has 1 atom stereocenters. The van der Waals surface area contributed by atoms with Gasteiger partial charge < -0.3 is 9.47 Å². The fourth-order valence-corrected chi connectivity index (χ4v) is 4.89. The van der Waals surface area contributed by atoms with E-state index in [2.05, 4.69) is 32.7 Å². The molecule has 4 heterocycles. The van der Waals surface area contributed by atoms with Crippen molar-refractivity contribution in [2.45, 2.75) is 12.5 Å². The Hall–Kier alpha value is -3.81. The van der Waals surface area contributed by atoms with Gasteiger partial charge in [0.2, 0.25) is 0 Å². The number of para-hydroxylation sites is 1. The number of rotatable bonds is 4. The van der Waals surface area contributed by atoms with Crippen LogP contribution in [0.3, 0.4) is 0 Å². The highest BCUT2D eigenvalue weighted by atomic mass is 35.5. The lowest BCUT2D eigenvalue weighted by Crippen LogP contribution is -2.22. The number of nitrogens with zero attached hydrogens (tertiary/aromatic N) is 6. The Balaban J connectivity index is 1.46. The number of benzene rings is 2. The van der Waals surface area contributed by atoms with Crippen LogP contribution in [0, 0.1) is 0 Å². The van der Waals surface area contributed by atoms with E-state index < -0.39 is 0 Å². The summed E-state index contributed by atoms with van der Waals surface area (Å²) < 4.78 is 3.81. The van der Waals surface area contributed by atoms with E-state index in [0.717, 1.165) is 36.5 Å². The van der Waals surface area contributed by atoms with Crippen molar-refractivity contribution in [3.63, 3.8) is 0 Å². The average molecular weight is 483 g/mol. The number of halogens is 1. The first-order valence-corrected chi connectivity index (χ1v) is 11.9. The van der Waals surface area contributed by atoms with Crippen LogP contribution in [0.25, 0.3) is 39.5 Å². The van der Waals surface area contributed by atoms with Gasteiger partial charge in [-0.2, -0.15) is 0 Å². The number of fused-ring (bicyclic) bond motifs is 1. The molecule has 2 aromatic carbocycles. The molecule has 35 heavy (non-hydrogen) atoms. The molecule has 1 aliphatic rings. The fraction of sp³-hybridized carbons (Fsp3) is 0.185. The highest BCUT2D eigenvalue weighted by Crippen LogP contribution is 2.29. The molecular formula is C27H23ClN6O. The molecule has 8 heteroatoms. The molecule has 1 saturated heterocycles. The zero-order valence-corrected chi connectivity index (χ0v) is 19.9. The van der Waals surface area contributed by atoms with Crippen LogP contribution >= 0.6 is 11.6 Å². The third kappa shape index (κ3) is 3.92. The number of imidazole rings is 1. The summed E-state index contributed by atoms with van der Waals surface area (Å²) in [6.07, 6.45) is 6.56. The third-order valence-corrected chi connectivity index (χ3v) is 6.77.